The number of aliphatic hydroxyl groups excluding tert-OH is 1. The van der Waals surface area contributed by atoms with Crippen molar-refractivity contribution in [2.75, 3.05) is 27.8 Å². The molecule has 0 saturated heterocycles. The zero-order valence-electron chi connectivity index (χ0n) is 14.1. The lowest BCUT2D eigenvalue weighted by molar-refractivity contribution is 0.154. The van der Waals surface area contributed by atoms with Crippen LogP contribution in [0.25, 0.3) is 0 Å². The molecule has 1 N–H and O–H groups in total. The lowest BCUT2D eigenvalue weighted by atomic mass is 10.1. The van der Waals surface area contributed by atoms with Crippen LogP contribution in [0, 0.1) is 0 Å². The molecule has 0 aromatic heterocycles. The van der Waals surface area contributed by atoms with E-state index in [1.54, 1.807) is 30.3 Å². The number of sulfonamides is 1. The van der Waals surface area contributed by atoms with Crippen LogP contribution in [0.2, 0.25) is 5.02 Å². The summed E-state index contributed by atoms with van der Waals surface area (Å²) >= 11 is 5.92. The number of ether oxygens (including phenoxy) is 2. The molecule has 0 amide bonds. The van der Waals surface area contributed by atoms with Gasteiger partial charge in [-0.2, -0.15) is 4.31 Å². The number of likely N-dealkylation sites (N-methyl/N-ethyl adjacent to an activating group) is 1. The second kappa shape index (κ2) is 8.05. The maximum atomic E-state index is 12.8. The molecule has 2 aromatic rings. The molecule has 8 heteroatoms. The molecule has 2 aromatic carbocycles. The standard InChI is InChI=1S/C17H20ClNO5S/c1-19(11-15(20)12-5-4-6-14(9-12)23-2)25(21,22)17-10-13(18)7-8-16(17)24-3/h4-10,15,20H,11H2,1-3H3. The summed E-state index contributed by atoms with van der Waals surface area (Å²) in [4.78, 5) is -0.0529. The van der Waals surface area contributed by atoms with Gasteiger partial charge < -0.3 is 14.6 Å². The van der Waals surface area contributed by atoms with Gasteiger partial charge in [0.2, 0.25) is 10.0 Å². The van der Waals surface area contributed by atoms with E-state index < -0.39 is 16.1 Å². The average molecular weight is 386 g/mol. The molecule has 1 atom stereocenters. The fourth-order valence-corrected chi connectivity index (χ4v) is 3.91. The fourth-order valence-electron chi connectivity index (χ4n) is 2.32. The second-order valence-corrected chi connectivity index (χ2v) is 7.82. The van der Waals surface area contributed by atoms with Crippen LogP contribution in [0.4, 0.5) is 0 Å². The van der Waals surface area contributed by atoms with Crippen LogP contribution in [0.5, 0.6) is 11.5 Å². The minimum Gasteiger partial charge on any atom is -0.497 e. The van der Waals surface area contributed by atoms with E-state index >= 15 is 0 Å². The zero-order valence-corrected chi connectivity index (χ0v) is 15.7. The third-order valence-corrected chi connectivity index (χ3v) is 5.80. The SMILES string of the molecule is COc1cccc(C(O)CN(C)S(=O)(=O)c2cc(Cl)ccc2OC)c1. The molecule has 0 saturated carbocycles. The maximum absolute atomic E-state index is 12.8. The summed E-state index contributed by atoms with van der Waals surface area (Å²) in [5, 5.41) is 10.7. The highest BCUT2D eigenvalue weighted by Crippen LogP contribution is 2.30. The number of benzene rings is 2. The first-order valence-electron chi connectivity index (χ1n) is 7.41. The number of hydrogen-bond acceptors (Lipinski definition) is 5. The summed E-state index contributed by atoms with van der Waals surface area (Å²) in [6.45, 7) is -0.134. The van der Waals surface area contributed by atoms with Gasteiger partial charge in [-0.3, -0.25) is 0 Å². The van der Waals surface area contributed by atoms with Crippen molar-refractivity contribution in [3.05, 3.63) is 53.1 Å². The van der Waals surface area contributed by atoms with Gasteiger partial charge in [0.25, 0.3) is 0 Å². The quantitative estimate of drug-likeness (QED) is 0.793. The van der Waals surface area contributed by atoms with Gasteiger partial charge >= 0.3 is 0 Å². The Kier molecular flexibility index (Phi) is 6.29. The molecule has 0 radical (unpaired) electrons. The average Bonchev–Trinajstić information content (AvgIpc) is 2.61. The van der Waals surface area contributed by atoms with Gasteiger partial charge in [0.05, 0.1) is 20.3 Å². The highest BCUT2D eigenvalue weighted by atomic mass is 35.5. The highest BCUT2D eigenvalue weighted by Gasteiger charge is 2.27. The first-order valence-corrected chi connectivity index (χ1v) is 9.23. The third kappa shape index (κ3) is 4.43. The van der Waals surface area contributed by atoms with Gasteiger partial charge in [-0.15, -0.1) is 0 Å². The molecule has 0 fully saturated rings. The van der Waals surface area contributed by atoms with Crippen LogP contribution >= 0.6 is 11.6 Å². The van der Waals surface area contributed by atoms with Crippen molar-refractivity contribution >= 4 is 21.6 Å². The molecule has 0 spiro atoms. The van der Waals surface area contributed by atoms with Gasteiger partial charge in [0.15, 0.2) is 0 Å². The number of aliphatic hydroxyl groups is 1. The maximum Gasteiger partial charge on any atom is 0.246 e. The minimum absolute atomic E-state index is 0.0529. The first kappa shape index (κ1) is 19.5. The zero-order chi connectivity index (χ0) is 18.6. The largest absolute Gasteiger partial charge is 0.497 e. The summed E-state index contributed by atoms with van der Waals surface area (Å²) in [5.41, 5.74) is 0.555. The normalized spacial score (nSPS) is 12.9. The van der Waals surface area contributed by atoms with E-state index in [-0.39, 0.29) is 22.2 Å². The Bertz CT molecular complexity index is 841. The predicted octanol–water partition coefficient (Wildman–Crippen LogP) is 2.71. The summed E-state index contributed by atoms with van der Waals surface area (Å²) < 4.78 is 36.9. The number of hydrogen-bond donors (Lipinski definition) is 1. The number of halogens is 1. The van der Waals surface area contributed by atoms with E-state index in [9.17, 15) is 13.5 Å². The van der Waals surface area contributed by atoms with Crippen LogP contribution in [0.3, 0.4) is 0 Å². The third-order valence-electron chi connectivity index (χ3n) is 3.72. The Hall–Kier alpha value is -1.80. The molecule has 136 valence electrons. The summed E-state index contributed by atoms with van der Waals surface area (Å²) in [7, 11) is 0.401. The van der Waals surface area contributed by atoms with Crippen molar-refractivity contribution in [2.24, 2.45) is 0 Å². The van der Waals surface area contributed by atoms with Crippen LogP contribution in [-0.4, -0.2) is 45.6 Å². The van der Waals surface area contributed by atoms with Gasteiger partial charge in [0, 0.05) is 18.6 Å². The Morgan fingerprint density at radius 2 is 1.88 bits per heavy atom. The molecule has 0 heterocycles. The first-order chi connectivity index (χ1) is 11.8. The molecule has 0 aliphatic rings. The number of nitrogens with zero attached hydrogens (tertiary/aromatic N) is 1. The smallest absolute Gasteiger partial charge is 0.246 e. The topological polar surface area (TPSA) is 76.1 Å². The molecular weight excluding hydrogens is 366 g/mol. The minimum atomic E-state index is -3.89. The van der Waals surface area contributed by atoms with E-state index in [1.807, 2.05) is 0 Å². The van der Waals surface area contributed by atoms with Gasteiger partial charge in [-0.1, -0.05) is 23.7 Å². The Balaban J connectivity index is 2.27. The molecule has 2 rings (SSSR count). The van der Waals surface area contributed by atoms with Gasteiger partial charge in [-0.05, 0) is 35.9 Å². The van der Waals surface area contributed by atoms with Crippen LogP contribution < -0.4 is 9.47 Å². The monoisotopic (exact) mass is 385 g/mol. The molecule has 0 aliphatic carbocycles. The summed E-state index contributed by atoms with van der Waals surface area (Å²) in [6, 6.07) is 11.2. The van der Waals surface area contributed by atoms with Crippen LogP contribution in [0.1, 0.15) is 11.7 Å². The van der Waals surface area contributed by atoms with Gasteiger partial charge in [0.1, 0.15) is 16.4 Å². The molecule has 0 bridgehead atoms. The van der Waals surface area contributed by atoms with E-state index in [1.165, 1.54) is 33.4 Å². The molecule has 1 unspecified atom stereocenters. The van der Waals surface area contributed by atoms with Crippen molar-refractivity contribution in [1.29, 1.82) is 0 Å². The summed E-state index contributed by atoms with van der Waals surface area (Å²) in [6.07, 6.45) is -1.01. The van der Waals surface area contributed by atoms with E-state index in [2.05, 4.69) is 0 Å². The highest BCUT2D eigenvalue weighted by molar-refractivity contribution is 7.89. The molecular formula is C17H20ClNO5S. The van der Waals surface area contributed by atoms with Gasteiger partial charge in [-0.25, -0.2) is 8.42 Å². The van der Waals surface area contributed by atoms with Crippen LogP contribution in [0.15, 0.2) is 47.4 Å². The summed E-state index contributed by atoms with van der Waals surface area (Å²) in [5.74, 6) is 0.769. The van der Waals surface area contributed by atoms with E-state index in [4.69, 9.17) is 21.1 Å². The van der Waals surface area contributed by atoms with E-state index in [0.717, 1.165) is 4.31 Å². The fraction of sp³-hybridized carbons (Fsp3) is 0.294. The van der Waals surface area contributed by atoms with Crippen molar-refractivity contribution in [3.63, 3.8) is 0 Å². The molecule has 6 nitrogen and oxygen atoms in total. The van der Waals surface area contributed by atoms with Crippen molar-refractivity contribution in [2.45, 2.75) is 11.0 Å². The predicted molar refractivity (Wildman–Crippen MR) is 95.8 cm³/mol. The molecule has 25 heavy (non-hydrogen) atoms. The lowest BCUT2D eigenvalue weighted by Crippen LogP contribution is -2.31. The number of rotatable bonds is 7. The van der Waals surface area contributed by atoms with Crippen molar-refractivity contribution in [3.8, 4) is 11.5 Å². The Labute approximate surface area is 152 Å². The molecule has 0 aliphatic heterocycles. The Morgan fingerprint density at radius 3 is 2.52 bits per heavy atom. The lowest BCUT2D eigenvalue weighted by Gasteiger charge is -2.22. The van der Waals surface area contributed by atoms with E-state index in [0.29, 0.717) is 11.3 Å². The van der Waals surface area contributed by atoms with Crippen molar-refractivity contribution in [1.82, 2.24) is 4.31 Å². The van der Waals surface area contributed by atoms with Crippen LogP contribution in [-0.2, 0) is 10.0 Å². The Morgan fingerprint density at radius 1 is 1.16 bits per heavy atom. The van der Waals surface area contributed by atoms with Crippen molar-refractivity contribution < 1.29 is 23.0 Å². The second-order valence-electron chi connectivity index (χ2n) is 5.37. The number of methoxy groups -OCH3 is 2.